The van der Waals surface area contributed by atoms with Gasteiger partial charge in [-0.05, 0) is 28.3 Å². The fourth-order valence-electron chi connectivity index (χ4n) is 2.08. The summed E-state index contributed by atoms with van der Waals surface area (Å²) in [4.78, 5) is 24.5. The molecule has 3 aromatic heterocycles. The highest BCUT2D eigenvalue weighted by molar-refractivity contribution is 7.10. The summed E-state index contributed by atoms with van der Waals surface area (Å²) in [6, 6.07) is 6.80. The molecule has 2 amide bonds. The van der Waals surface area contributed by atoms with E-state index in [0.29, 0.717) is 10.4 Å². The fourth-order valence-corrected chi connectivity index (χ4v) is 3.65. The summed E-state index contributed by atoms with van der Waals surface area (Å²) >= 11 is 2.81. The van der Waals surface area contributed by atoms with E-state index in [1.54, 1.807) is 17.5 Å². The zero-order valence-electron chi connectivity index (χ0n) is 12.3. The number of amides is 2. The number of rotatable bonds is 5. The van der Waals surface area contributed by atoms with Crippen LogP contribution < -0.4 is 10.6 Å². The summed E-state index contributed by atoms with van der Waals surface area (Å²) in [5, 5.41) is 24.8. The average molecular weight is 363 g/mol. The van der Waals surface area contributed by atoms with Crippen molar-refractivity contribution in [3.63, 3.8) is 0 Å². The molecule has 0 radical (unpaired) electrons. The van der Waals surface area contributed by atoms with Crippen LogP contribution in [-0.4, -0.2) is 28.6 Å². The zero-order chi connectivity index (χ0) is 17.0. The molecule has 124 valence electrons. The minimum Gasteiger partial charge on any atom is -0.378 e. The Labute approximate surface area is 144 Å². The first-order valence-electron chi connectivity index (χ1n) is 6.88. The number of hydrogen-bond donors (Lipinski definition) is 3. The van der Waals surface area contributed by atoms with Gasteiger partial charge >= 0.3 is 11.8 Å². The Bertz CT molecular complexity index is 764. The molecule has 0 spiro atoms. The second-order valence-electron chi connectivity index (χ2n) is 4.87. The first kappa shape index (κ1) is 16.4. The van der Waals surface area contributed by atoms with Gasteiger partial charge in [0, 0.05) is 16.5 Å². The number of carbonyl (C=O) groups is 2. The van der Waals surface area contributed by atoms with Crippen LogP contribution in [0, 0.1) is 0 Å². The number of nitrogens with one attached hydrogen (secondary N) is 2. The van der Waals surface area contributed by atoms with Crippen LogP contribution in [0.3, 0.4) is 0 Å². The standard InChI is InChI=1S/C15H13N3O4S2/c19-13(14(20)17-12-3-5-22-18-12)16-9-15(21,10-4-7-23-8-10)11-2-1-6-24-11/h1-8,21H,9H2,(H,16,19)(H,17,18,20). The maximum Gasteiger partial charge on any atom is 0.314 e. The van der Waals surface area contributed by atoms with Gasteiger partial charge in [0.05, 0.1) is 6.54 Å². The lowest BCUT2D eigenvalue weighted by Crippen LogP contribution is -2.44. The molecule has 0 fully saturated rings. The van der Waals surface area contributed by atoms with Crippen LogP contribution >= 0.6 is 22.7 Å². The molecule has 0 bridgehead atoms. The Morgan fingerprint density at radius 2 is 2.12 bits per heavy atom. The van der Waals surface area contributed by atoms with Gasteiger partial charge in [-0.3, -0.25) is 14.9 Å². The minimum atomic E-state index is -1.39. The summed E-state index contributed by atoms with van der Waals surface area (Å²) in [7, 11) is 0. The maximum absolute atomic E-state index is 12.0. The largest absolute Gasteiger partial charge is 0.378 e. The van der Waals surface area contributed by atoms with Crippen molar-refractivity contribution >= 4 is 40.3 Å². The molecule has 3 rings (SSSR count). The monoisotopic (exact) mass is 363 g/mol. The predicted molar refractivity (Wildman–Crippen MR) is 89.8 cm³/mol. The molecule has 3 heterocycles. The molecule has 3 aromatic rings. The quantitative estimate of drug-likeness (QED) is 0.600. The van der Waals surface area contributed by atoms with Crippen molar-refractivity contribution in [1.29, 1.82) is 0 Å². The molecule has 0 aromatic carbocycles. The van der Waals surface area contributed by atoms with Crippen LogP contribution in [0.25, 0.3) is 0 Å². The summed E-state index contributed by atoms with van der Waals surface area (Å²) < 4.78 is 4.57. The highest BCUT2D eigenvalue weighted by atomic mass is 32.1. The third-order valence-electron chi connectivity index (χ3n) is 3.32. The van der Waals surface area contributed by atoms with Gasteiger partial charge in [-0.2, -0.15) is 11.3 Å². The molecule has 0 saturated carbocycles. The van der Waals surface area contributed by atoms with Gasteiger partial charge in [0.1, 0.15) is 11.9 Å². The van der Waals surface area contributed by atoms with Crippen LogP contribution in [-0.2, 0) is 15.2 Å². The maximum atomic E-state index is 12.0. The molecule has 0 aliphatic rings. The molecule has 1 unspecified atom stereocenters. The number of nitrogens with zero attached hydrogens (tertiary/aromatic N) is 1. The number of carbonyl (C=O) groups excluding carboxylic acids is 2. The molecule has 24 heavy (non-hydrogen) atoms. The summed E-state index contributed by atoms with van der Waals surface area (Å²) in [5.41, 5.74) is -0.731. The van der Waals surface area contributed by atoms with Crippen molar-refractivity contribution < 1.29 is 19.2 Å². The van der Waals surface area contributed by atoms with Crippen molar-refractivity contribution in [3.05, 3.63) is 57.1 Å². The summed E-state index contributed by atoms with van der Waals surface area (Å²) in [5.74, 6) is -1.62. The van der Waals surface area contributed by atoms with Crippen LogP contribution in [0.5, 0.6) is 0 Å². The Morgan fingerprint density at radius 1 is 1.25 bits per heavy atom. The zero-order valence-corrected chi connectivity index (χ0v) is 13.9. The lowest BCUT2D eigenvalue weighted by Gasteiger charge is -2.26. The van der Waals surface area contributed by atoms with Crippen molar-refractivity contribution in [3.8, 4) is 0 Å². The number of aromatic nitrogens is 1. The van der Waals surface area contributed by atoms with Crippen LogP contribution in [0.2, 0.25) is 0 Å². The van der Waals surface area contributed by atoms with Crippen molar-refractivity contribution in [1.82, 2.24) is 10.5 Å². The molecule has 0 saturated heterocycles. The Balaban J connectivity index is 1.70. The van der Waals surface area contributed by atoms with Gasteiger partial charge in [0.15, 0.2) is 5.82 Å². The molecular formula is C15H13N3O4S2. The van der Waals surface area contributed by atoms with Crippen LogP contribution in [0.4, 0.5) is 5.82 Å². The Hall–Kier alpha value is -2.49. The Morgan fingerprint density at radius 3 is 2.75 bits per heavy atom. The molecule has 9 heteroatoms. The highest BCUT2D eigenvalue weighted by Crippen LogP contribution is 2.33. The van der Waals surface area contributed by atoms with Crippen LogP contribution in [0.15, 0.2) is 51.2 Å². The number of anilines is 1. The summed E-state index contributed by atoms with van der Waals surface area (Å²) in [6.45, 7) is -0.130. The number of hydrogen-bond acceptors (Lipinski definition) is 7. The van der Waals surface area contributed by atoms with Crippen LogP contribution in [0.1, 0.15) is 10.4 Å². The van der Waals surface area contributed by atoms with Gasteiger partial charge in [-0.25, -0.2) is 0 Å². The van der Waals surface area contributed by atoms with Crippen molar-refractivity contribution in [2.24, 2.45) is 0 Å². The third kappa shape index (κ3) is 3.37. The van der Waals surface area contributed by atoms with E-state index in [4.69, 9.17) is 0 Å². The van der Waals surface area contributed by atoms with E-state index in [1.165, 1.54) is 35.0 Å². The minimum absolute atomic E-state index is 0.130. The average Bonchev–Trinajstić information content (AvgIpc) is 3.35. The van der Waals surface area contributed by atoms with E-state index in [-0.39, 0.29) is 12.4 Å². The topological polar surface area (TPSA) is 104 Å². The molecule has 0 aliphatic heterocycles. The highest BCUT2D eigenvalue weighted by Gasteiger charge is 2.34. The van der Waals surface area contributed by atoms with Gasteiger partial charge in [0.25, 0.3) is 0 Å². The van der Waals surface area contributed by atoms with Gasteiger partial charge in [-0.15, -0.1) is 11.3 Å². The predicted octanol–water partition coefficient (Wildman–Crippen LogP) is 1.79. The number of thiophene rings is 2. The molecular weight excluding hydrogens is 350 g/mol. The lowest BCUT2D eigenvalue weighted by molar-refractivity contribution is -0.136. The normalized spacial score (nSPS) is 13.2. The van der Waals surface area contributed by atoms with Gasteiger partial charge < -0.3 is 14.9 Å². The van der Waals surface area contributed by atoms with E-state index < -0.39 is 17.4 Å². The van der Waals surface area contributed by atoms with Gasteiger partial charge in [-0.1, -0.05) is 11.2 Å². The molecule has 0 aliphatic carbocycles. The van der Waals surface area contributed by atoms with E-state index in [9.17, 15) is 14.7 Å². The molecule has 3 N–H and O–H groups in total. The van der Waals surface area contributed by atoms with E-state index >= 15 is 0 Å². The first-order chi connectivity index (χ1) is 11.6. The number of aliphatic hydroxyl groups is 1. The lowest BCUT2D eigenvalue weighted by atomic mass is 9.94. The van der Waals surface area contributed by atoms with Crippen molar-refractivity contribution in [2.75, 3.05) is 11.9 Å². The molecule has 7 nitrogen and oxygen atoms in total. The fraction of sp³-hybridized carbons (Fsp3) is 0.133. The van der Waals surface area contributed by atoms with E-state index in [1.807, 2.05) is 16.8 Å². The van der Waals surface area contributed by atoms with Gasteiger partial charge in [0.2, 0.25) is 0 Å². The third-order valence-corrected chi connectivity index (χ3v) is 5.02. The molecule has 1 atom stereocenters. The SMILES string of the molecule is O=C(NCC(O)(c1ccsc1)c1cccs1)C(=O)Nc1ccon1. The Kier molecular flexibility index (Phi) is 4.74. The van der Waals surface area contributed by atoms with E-state index in [2.05, 4.69) is 20.3 Å². The summed E-state index contributed by atoms with van der Waals surface area (Å²) in [6.07, 6.45) is 1.28. The van der Waals surface area contributed by atoms with E-state index in [0.717, 1.165) is 0 Å². The second kappa shape index (κ2) is 6.95. The van der Waals surface area contributed by atoms with Crippen molar-refractivity contribution in [2.45, 2.75) is 5.60 Å². The smallest absolute Gasteiger partial charge is 0.314 e. The first-order valence-corrected chi connectivity index (χ1v) is 8.70. The second-order valence-corrected chi connectivity index (χ2v) is 6.60.